The number of pyridine rings is 1. The van der Waals surface area contributed by atoms with Crippen molar-refractivity contribution in [1.82, 2.24) is 4.98 Å². The summed E-state index contributed by atoms with van der Waals surface area (Å²) in [5.41, 5.74) is 7.05. The average molecular weight is 343 g/mol. The Morgan fingerprint density at radius 3 is 2.68 bits per heavy atom. The van der Waals surface area contributed by atoms with Crippen molar-refractivity contribution in [3.63, 3.8) is 0 Å². The fourth-order valence-electron chi connectivity index (χ4n) is 1.57. The first-order chi connectivity index (χ1) is 9.06. The van der Waals surface area contributed by atoms with Crippen LogP contribution in [0.5, 0.6) is 0 Å². The van der Waals surface area contributed by atoms with E-state index in [2.05, 4.69) is 26.2 Å². The number of rotatable bonds is 4. The number of aromatic nitrogens is 1. The molecule has 6 heteroatoms. The molecule has 100 valence electrons. The molecule has 2 rings (SSSR count). The van der Waals surface area contributed by atoms with E-state index in [-0.39, 0.29) is 0 Å². The third-order valence-corrected chi connectivity index (χ3v) is 3.31. The second kappa shape index (κ2) is 6.23. The molecular formula is C13H13BrClN3O. The Balaban J connectivity index is 2.00. The largest absolute Gasteiger partial charge is 0.399 e. The Hall–Kier alpha value is -1.30. The van der Waals surface area contributed by atoms with Gasteiger partial charge in [0.15, 0.2) is 0 Å². The number of hydrogen-bond acceptors (Lipinski definition) is 4. The topological polar surface area (TPSA) is 71.2 Å². The van der Waals surface area contributed by atoms with Crippen molar-refractivity contribution in [3.05, 3.63) is 51.6 Å². The van der Waals surface area contributed by atoms with Crippen molar-refractivity contribution in [2.75, 3.05) is 17.6 Å². The van der Waals surface area contributed by atoms with Crippen LogP contribution < -0.4 is 11.1 Å². The summed E-state index contributed by atoms with van der Waals surface area (Å²) in [6, 6.07) is 8.83. The van der Waals surface area contributed by atoms with Crippen molar-refractivity contribution >= 4 is 39.0 Å². The summed E-state index contributed by atoms with van der Waals surface area (Å²) >= 11 is 9.31. The summed E-state index contributed by atoms with van der Waals surface area (Å²) in [4.78, 5) is 4.14. The van der Waals surface area contributed by atoms with E-state index in [0.29, 0.717) is 23.1 Å². The second-order valence-corrected chi connectivity index (χ2v) is 5.37. The first-order valence-corrected chi connectivity index (χ1v) is 6.82. The molecule has 0 radical (unpaired) electrons. The van der Waals surface area contributed by atoms with Gasteiger partial charge in [-0.1, -0.05) is 23.7 Å². The number of nitrogens with two attached hydrogens (primary N) is 1. The molecular weight excluding hydrogens is 330 g/mol. The molecule has 1 heterocycles. The number of anilines is 2. The number of nitrogens with zero attached hydrogens (tertiary/aromatic N) is 1. The van der Waals surface area contributed by atoms with E-state index in [1.54, 1.807) is 36.5 Å². The zero-order chi connectivity index (χ0) is 13.8. The number of benzene rings is 1. The lowest BCUT2D eigenvalue weighted by molar-refractivity contribution is 0.191. The van der Waals surface area contributed by atoms with Gasteiger partial charge in [-0.15, -0.1) is 0 Å². The first-order valence-electron chi connectivity index (χ1n) is 5.64. The highest BCUT2D eigenvalue weighted by Gasteiger charge is 2.09. The van der Waals surface area contributed by atoms with Crippen LogP contribution >= 0.6 is 27.5 Å². The monoisotopic (exact) mass is 341 g/mol. The molecule has 1 atom stereocenters. The molecule has 4 N–H and O–H groups in total. The van der Waals surface area contributed by atoms with Gasteiger partial charge in [0.05, 0.1) is 11.1 Å². The summed E-state index contributed by atoms with van der Waals surface area (Å²) in [6.45, 7) is 0.318. The van der Waals surface area contributed by atoms with Gasteiger partial charge in [0, 0.05) is 22.9 Å². The Morgan fingerprint density at radius 2 is 2.05 bits per heavy atom. The van der Waals surface area contributed by atoms with Crippen molar-refractivity contribution in [3.8, 4) is 0 Å². The van der Waals surface area contributed by atoms with Crippen molar-refractivity contribution < 1.29 is 5.11 Å². The fourth-order valence-corrected chi connectivity index (χ4v) is 2.27. The summed E-state index contributed by atoms with van der Waals surface area (Å²) in [7, 11) is 0. The molecule has 0 aliphatic carbocycles. The smallest absolute Gasteiger partial charge is 0.144 e. The molecule has 1 unspecified atom stereocenters. The molecule has 0 fully saturated rings. The van der Waals surface area contributed by atoms with Crippen LogP contribution in [-0.4, -0.2) is 16.6 Å². The molecule has 2 aromatic rings. The maximum absolute atomic E-state index is 10.0. The van der Waals surface area contributed by atoms with E-state index in [1.165, 1.54) is 0 Å². The van der Waals surface area contributed by atoms with Gasteiger partial charge in [-0.25, -0.2) is 4.98 Å². The van der Waals surface area contributed by atoms with Crippen LogP contribution in [0.1, 0.15) is 11.7 Å². The van der Waals surface area contributed by atoms with Crippen molar-refractivity contribution in [1.29, 1.82) is 0 Å². The van der Waals surface area contributed by atoms with Crippen LogP contribution in [0.4, 0.5) is 11.5 Å². The van der Waals surface area contributed by atoms with Crippen molar-refractivity contribution in [2.24, 2.45) is 0 Å². The predicted molar refractivity (Wildman–Crippen MR) is 81.3 cm³/mol. The van der Waals surface area contributed by atoms with E-state index in [1.807, 2.05) is 0 Å². The maximum atomic E-state index is 10.0. The molecule has 4 nitrogen and oxygen atoms in total. The third kappa shape index (κ3) is 3.83. The van der Waals surface area contributed by atoms with Gasteiger partial charge in [0.1, 0.15) is 5.82 Å². The zero-order valence-corrected chi connectivity index (χ0v) is 12.3. The molecule has 1 aromatic heterocycles. The maximum Gasteiger partial charge on any atom is 0.144 e. The number of aliphatic hydroxyl groups excluding tert-OH is 1. The summed E-state index contributed by atoms with van der Waals surface area (Å²) in [6.07, 6.45) is 0.992. The third-order valence-electron chi connectivity index (χ3n) is 2.59. The first kappa shape index (κ1) is 14.1. The Labute approximate surface area is 124 Å². The summed E-state index contributed by atoms with van der Waals surface area (Å²) in [5, 5.41) is 13.5. The van der Waals surface area contributed by atoms with Crippen LogP contribution in [0.25, 0.3) is 0 Å². The molecule has 0 bridgehead atoms. The summed E-state index contributed by atoms with van der Waals surface area (Å²) < 4.78 is 0.808. The number of aliphatic hydroxyl groups is 1. The Bertz CT molecular complexity index is 562. The van der Waals surface area contributed by atoms with Crippen LogP contribution in [0.2, 0.25) is 5.02 Å². The number of nitrogen functional groups attached to an aromatic ring is 1. The highest BCUT2D eigenvalue weighted by atomic mass is 79.9. The van der Waals surface area contributed by atoms with E-state index < -0.39 is 6.10 Å². The molecule has 0 saturated heterocycles. The van der Waals surface area contributed by atoms with E-state index in [9.17, 15) is 5.11 Å². The van der Waals surface area contributed by atoms with Crippen LogP contribution in [0.15, 0.2) is 41.0 Å². The number of hydrogen-bond donors (Lipinski definition) is 3. The van der Waals surface area contributed by atoms with E-state index in [4.69, 9.17) is 17.3 Å². The predicted octanol–water partition coefficient (Wildman–Crippen LogP) is 3.23. The van der Waals surface area contributed by atoms with Crippen LogP contribution in [0, 0.1) is 0 Å². The average Bonchev–Trinajstić information content (AvgIpc) is 2.38. The number of nitrogens with one attached hydrogen (secondary N) is 1. The fraction of sp³-hybridized carbons (Fsp3) is 0.154. The van der Waals surface area contributed by atoms with E-state index in [0.717, 1.165) is 10.0 Å². The molecule has 1 aromatic carbocycles. The van der Waals surface area contributed by atoms with Gasteiger partial charge in [-0.3, -0.25) is 0 Å². The van der Waals surface area contributed by atoms with Gasteiger partial charge >= 0.3 is 0 Å². The normalized spacial score (nSPS) is 12.2. The van der Waals surface area contributed by atoms with Gasteiger partial charge < -0.3 is 16.2 Å². The van der Waals surface area contributed by atoms with Gasteiger partial charge in [0.25, 0.3) is 0 Å². The minimum absolute atomic E-state index is 0.318. The van der Waals surface area contributed by atoms with Gasteiger partial charge in [-0.05, 0) is 39.7 Å². The molecule has 0 aliphatic heterocycles. The molecule has 0 spiro atoms. The van der Waals surface area contributed by atoms with Crippen LogP contribution in [0.3, 0.4) is 0 Å². The van der Waals surface area contributed by atoms with Crippen molar-refractivity contribution in [2.45, 2.75) is 6.10 Å². The zero-order valence-electron chi connectivity index (χ0n) is 9.98. The SMILES string of the molecule is Nc1ccc(C(O)CNc2ncc(Br)cc2Cl)cc1. The van der Waals surface area contributed by atoms with Gasteiger partial charge in [0.2, 0.25) is 0 Å². The van der Waals surface area contributed by atoms with E-state index >= 15 is 0 Å². The minimum Gasteiger partial charge on any atom is -0.399 e. The molecule has 0 saturated carbocycles. The minimum atomic E-state index is -0.651. The van der Waals surface area contributed by atoms with Gasteiger partial charge in [-0.2, -0.15) is 0 Å². The molecule has 19 heavy (non-hydrogen) atoms. The lowest BCUT2D eigenvalue weighted by Crippen LogP contribution is -2.13. The lowest BCUT2D eigenvalue weighted by atomic mass is 10.1. The Kier molecular flexibility index (Phi) is 4.63. The quantitative estimate of drug-likeness (QED) is 0.746. The Morgan fingerprint density at radius 1 is 1.37 bits per heavy atom. The highest BCUT2D eigenvalue weighted by Crippen LogP contribution is 2.23. The lowest BCUT2D eigenvalue weighted by Gasteiger charge is -2.13. The molecule has 0 amide bonds. The highest BCUT2D eigenvalue weighted by molar-refractivity contribution is 9.10. The summed E-state index contributed by atoms with van der Waals surface area (Å²) in [5.74, 6) is 0.541. The standard InChI is InChI=1S/C13H13BrClN3O/c14-9-5-11(15)13(17-6-9)18-7-12(19)8-1-3-10(16)4-2-8/h1-6,12,19H,7,16H2,(H,17,18). The second-order valence-electron chi connectivity index (χ2n) is 4.05. The number of halogens is 2. The van der Waals surface area contributed by atoms with Crippen LogP contribution in [-0.2, 0) is 0 Å². The molecule has 0 aliphatic rings.